The number of nitrogens with zero attached hydrogens (tertiary/aromatic N) is 3. The summed E-state index contributed by atoms with van der Waals surface area (Å²) in [6.45, 7) is 1.10. The van der Waals surface area contributed by atoms with Gasteiger partial charge < -0.3 is 15.8 Å². The first-order valence-electron chi connectivity index (χ1n) is 6.52. The summed E-state index contributed by atoms with van der Waals surface area (Å²) in [7, 11) is 1.62. The summed E-state index contributed by atoms with van der Waals surface area (Å²) in [6.07, 6.45) is 5.46. The highest BCUT2D eigenvalue weighted by atomic mass is 16.5. The fourth-order valence-corrected chi connectivity index (χ4v) is 1.72. The van der Waals surface area contributed by atoms with Gasteiger partial charge in [-0.3, -0.25) is 9.78 Å². The number of anilines is 1. The van der Waals surface area contributed by atoms with Crippen LogP contribution in [0.25, 0.3) is 11.4 Å². The zero-order valence-corrected chi connectivity index (χ0v) is 11.7. The average Bonchev–Trinajstić information content (AvgIpc) is 2.52. The van der Waals surface area contributed by atoms with E-state index in [1.165, 1.54) is 6.20 Å². The molecule has 2 aromatic rings. The number of nitrogens with one attached hydrogen (secondary N) is 1. The van der Waals surface area contributed by atoms with Crippen molar-refractivity contribution in [2.75, 3.05) is 26.0 Å². The monoisotopic (exact) mass is 287 g/mol. The summed E-state index contributed by atoms with van der Waals surface area (Å²) in [6, 6.07) is 3.55. The molecule has 2 heterocycles. The van der Waals surface area contributed by atoms with E-state index in [-0.39, 0.29) is 17.3 Å². The Morgan fingerprint density at radius 2 is 2.14 bits per heavy atom. The van der Waals surface area contributed by atoms with Crippen molar-refractivity contribution < 1.29 is 9.53 Å². The van der Waals surface area contributed by atoms with E-state index in [2.05, 4.69) is 20.3 Å². The van der Waals surface area contributed by atoms with Gasteiger partial charge in [-0.2, -0.15) is 0 Å². The number of amides is 1. The van der Waals surface area contributed by atoms with Gasteiger partial charge in [0.15, 0.2) is 5.82 Å². The molecule has 0 radical (unpaired) electrons. The minimum atomic E-state index is -0.287. The molecule has 0 fully saturated rings. The van der Waals surface area contributed by atoms with Crippen molar-refractivity contribution in [3.63, 3.8) is 0 Å². The largest absolute Gasteiger partial charge is 0.385 e. The van der Waals surface area contributed by atoms with Crippen LogP contribution in [0.15, 0.2) is 30.7 Å². The third kappa shape index (κ3) is 3.96. The maximum atomic E-state index is 12.0. The van der Waals surface area contributed by atoms with Crippen LogP contribution in [0.2, 0.25) is 0 Å². The average molecular weight is 287 g/mol. The lowest BCUT2D eigenvalue weighted by Gasteiger charge is -2.07. The summed E-state index contributed by atoms with van der Waals surface area (Å²) in [4.78, 5) is 24.2. The zero-order chi connectivity index (χ0) is 15.1. The Bertz CT molecular complexity index is 604. The number of ether oxygens (including phenoxy) is 1. The number of rotatable bonds is 6. The quantitative estimate of drug-likeness (QED) is 0.765. The Labute approximate surface area is 122 Å². The van der Waals surface area contributed by atoms with E-state index in [1.54, 1.807) is 31.6 Å². The second-order valence-corrected chi connectivity index (χ2v) is 4.33. The number of pyridine rings is 1. The molecule has 0 saturated carbocycles. The lowest BCUT2D eigenvalue weighted by Crippen LogP contribution is -2.26. The van der Waals surface area contributed by atoms with Gasteiger partial charge in [0.05, 0.1) is 5.56 Å². The van der Waals surface area contributed by atoms with Gasteiger partial charge in [-0.05, 0) is 18.6 Å². The van der Waals surface area contributed by atoms with E-state index in [9.17, 15) is 4.79 Å². The molecule has 0 bridgehead atoms. The van der Waals surface area contributed by atoms with Crippen LogP contribution in [0.4, 0.5) is 5.82 Å². The Kier molecular flexibility index (Phi) is 5.16. The molecule has 0 saturated heterocycles. The van der Waals surface area contributed by atoms with E-state index in [1.807, 2.05) is 0 Å². The van der Waals surface area contributed by atoms with Gasteiger partial charge in [-0.25, -0.2) is 9.97 Å². The van der Waals surface area contributed by atoms with Crippen molar-refractivity contribution in [2.24, 2.45) is 0 Å². The van der Waals surface area contributed by atoms with Crippen LogP contribution in [0.1, 0.15) is 16.8 Å². The molecule has 2 rings (SSSR count). The van der Waals surface area contributed by atoms with Crippen LogP contribution in [-0.4, -0.2) is 41.1 Å². The first-order chi connectivity index (χ1) is 10.2. The Balaban J connectivity index is 2.07. The number of carbonyl (C=O) groups is 1. The van der Waals surface area contributed by atoms with Crippen LogP contribution < -0.4 is 11.1 Å². The summed E-state index contributed by atoms with van der Waals surface area (Å²) in [5.74, 6) is 0.330. The molecule has 0 spiro atoms. The highest BCUT2D eigenvalue weighted by molar-refractivity contribution is 5.98. The lowest BCUT2D eigenvalue weighted by atomic mass is 10.2. The van der Waals surface area contributed by atoms with E-state index >= 15 is 0 Å². The van der Waals surface area contributed by atoms with Crippen LogP contribution in [0, 0.1) is 0 Å². The lowest BCUT2D eigenvalue weighted by molar-refractivity contribution is 0.0949. The minimum Gasteiger partial charge on any atom is -0.385 e. The first-order valence-corrected chi connectivity index (χ1v) is 6.52. The Hall–Kier alpha value is -2.54. The normalized spacial score (nSPS) is 10.3. The molecule has 3 N–H and O–H groups in total. The molecule has 1 amide bonds. The number of hydrogen-bond donors (Lipinski definition) is 2. The third-order valence-corrected chi connectivity index (χ3v) is 2.81. The van der Waals surface area contributed by atoms with Gasteiger partial charge in [0.25, 0.3) is 5.91 Å². The van der Waals surface area contributed by atoms with Gasteiger partial charge in [0.1, 0.15) is 5.82 Å². The molecule has 0 atom stereocenters. The number of methoxy groups -OCH3 is 1. The maximum absolute atomic E-state index is 12.0. The van der Waals surface area contributed by atoms with E-state index in [4.69, 9.17) is 10.5 Å². The number of nitrogens with two attached hydrogens (primary N) is 1. The van der Waals surface area contributed by atoms with Crippen molar-refractivity contribution in [1.82, 2.24) is 20.3 Å². The fraction of sp³-hybridized carbons (Fsp3) is 0.286. The van der Waals surface area contributed by atoms with Crippen molar-refractivity contribution >= 4 is 11.7 Å². The van der Waals surface area contributed by atoms with Crippen molar-refractivity contribution in [1.29, 1.82) is 0 Å². The van der Waals surface area contributed by atoms with Gasteiger partial charge in [0.2, 0.25) is 0 Å². The minimum absolute atomic E-state index is 0.154. The fourth-order valence-electron chi connectivity index (χ4n) is 1.72. The molecule has 7 nitrogen and oxygen atoms in total. The first kappa shape index (κ1) is 14.9. The number of aromatic nitrogens is 3. The molecule has 110 valence electrons. The second kappa shape index (κ2) is 7.30. The van der Waals surface area contributed by atoms with Crippen molar-refractivity contribution in [3.05, 3.63) is 36.3 Å². The van der Waals surface area contributed by atoms with E-state index in [0.717, 1.165) is 12.0 Å². The summed E-state index contributed by atoms with van der Waals surface area (Å²) >= 11 is 0. The number of nitrogen functional groups attached to an aromatic ring is 1. The molecule has 21 heavy (non-hydrogen) atoms. The zero-order valence-electron chi connectivity index (χ0n) is 11.7. The smallest absolute Gasteiger partial charge is 0.256 e. The molecule has 0 aliphatic rings. The van der Waals surface area contributed by atoms with Gasteiger partial charge >= 0.3 is 0 Å². The predicted molar refractivity (Wildman–Crippen MR) is 78.5 cm³/mol. The van der Waals surface area contributed by atoms with Crippen LogP contribution in [-0.2, 0) is 4.74 Å². The van der Waals surface area contributed by atoms with E-state index < -0.39 is 0 Å². The van der Waals surface area contributed by atoms with Gasteiger partial charge in [-0.15, -0.1) is 0 Å². The molecular weight excluding hydrogens is 270 g/mol. The standard InChI is InChI=1S/C14H17N5O2/c1-21-8-2-5-17-14(20)11-9-18-13(19-12(11)15)10-3-6-16-7-4-10/h3-4,6-7,9H,2,5,8H2,1H3,(H,17,20)(H2,15,18,19). The van der Waals surface area contributed by atoms with Crippen molar-refractivity contribution in [2.45, 2.75) is 6.42 Å². The number of carbonyl (C=O) groups excluding carboxylic acids is 1. The molecule has 0 aliphatic carbocycles. The van der Waals surface area contributed by atoms with Gasteiger partial charge in [0, 0.05) is 44.4 Å². The number of hydrogen-bond acceptors (Lipinski definition) is 6. The van der Waals surface area contributed by atoms with Crippen LogP contribution in [0.5, 0.6) is 0 Å². The SMILES string of the molecule is COCCCNC(=O)c1cnc(-c2ccncc2)nc1N. The molecule has 0 aromatic carbocycles. The Morgan fingerprint density at radius 1 is 1.38 bits per heavy atom. The molecule has 0 aliphatic heterocycles. The Morgan fingerprint density at radius 3 is 2.81 bits per heavy atom. The van der Waals surface area contributed by atoms with Gasteiger partial charge in [-0.1, -0.05) is 0 Å². The molecule has 2 aromatic heterocycles. The predicted octanol–water partition coefficient (Wildman–Crippen LogP) is 0.887. The topological polar surface area (TPSA) is 103 Å². The molecular formula is C14H17N5O2. The molecule has 0 unspecified atom stereocenters. The van der Waals surface area contributed by atoms with E-state index in [0.29, 0.717) is 19.0 Å². The van der Waals surface area contributed by atoms with Crippen LogP contribution in [0.3, 0.4) is 0 Å². The summed E-state index contributed by atoms with van der Waals surface area (Å²) in [5, 5.41) is 2.74. The highest BCUT2D eigenvalue weighted by Gasteiger charge is 2.12. The van der Waals surface area contributed by atoms with Crippen LogP contribution >= 0.6 is 0 Å². The third-order valence-electron chi connectivity index (χ3n) is 2.81. The summed E-state index contributed by atoms with van der Waals surface area (Å²) in [5.41, 5.74) is 6.90. The highest BCUT2D eigenvalue weighted by Crippen LogP contribution is 2.16. The maximum Gasteiger partial charge on any atom is 0.256 e. The summed E-state index contributed by atoms with van der Waals surface area (Å²) < 4.78 is 4.91. The van der Waals surface area contributed by atoms with Crippen molar-refractivity contribution in [3.8, 4) is 11.4 Å². The molecule has 7 heteroatoms. The second-order valence-electron chi connectivity index (χ2n) is 4.33.